The maximum Gasteiger partial charge on any atom is 0.259 e. The van der Waals surface area contributed by atoms with Crippen molar-refractivity contribution >= 4 is 5.91 Å². The Balaban J connectivity index is 1.67. The van der Waals surface area contributed by atoms with Crippen LogP contribution in [-0.2, 0) is 6.54 Å². The van der Waals surface area contributed by atoms with E-state index in [0.717, 1.165) is 16.7 Å². The fourth-order valence-electron chi connectivity index (χ4n) is 4.42. The van der Waals surface area contributed by atoms with Crippen molar-refractivity contribution in [3.63, 3.8) is 0 Å². The summed E-state index contributed by atoms with van der Waals surface area (Å²) in [5.41, 5.74) is 3.50. The number of benzene rings is 1. The number of nitrogens with zero attached hydrogens (tertiary/aromatic N) is 5. The van der Waals surface area contributed by atoms with E-state index in [1.54, 1.807) is 41.6 Å². The van der Waals surface area contributed by atoms with E-state index in [0.29, 0.717) is 30.8 Å². The van der Waals surface area contributed by atoms with Crippen LogP contribution in [0.5, 0.6) is 5.88 Å². The summed E-state index contributed by atoms with van der Waals surface area (Å²) in [6, 6.07) is 14.7. The van der Waals surface area contributed by atoms with Crippen LogP contribution in [0, 0.1) is 17.2 Å². The Morgan fingerprint density at radius 1 is 1.25 bits per heavy atom. The van der Waals surface area contributed by atoms with Crippen molar-refractivity contribution < 1.29 is 14.6 Å². The van der Waals surface area contributed by atoms with Gasteiger partial charge >= 0.3 is 0 Å². The van der Waals surface area contributed by atoms with Crippen LogP contribution in [0.1, 0.15) is 35.3 Å². The molecule has 0 spiro atoms. The Morgan fingerprint density at radius 2 is 2.08 bits per heavy atom. The van der Waals surface area contributed by atoms with Crippen LogP contribution in [0.3, 0.4) is 0 Å². The minimum atomic E-state index is -0.356. The van der Waals surface area contributed by atoms with Crippen LogP contribution >= 0.6 is 0 Å². The van der Waals surface area contributed by atoms with E-state index >= 15 is 0 Å². The number of ether oxygens (including phenoxy) is 1. The third-order valence-corrected chi connectivity index (χ3v) is 6.51. The van der Waals surface area contributed by atoms with E-state index in [1.807, 2.05) is 38.4 Å². The van der Waals surface area contributed by atoms with Gasteiger partial charge in [0.25, 0.3) is 5.91 Å². The molecule has 0 radical (unpaired) electrons. The van der Waals surface area contributed by atoms with Gasteiger partial charge in [-0.25, -0.2) is 4.98 Å². The molecule has 1 aromatic carbocycles. The Hall–Kier alpha value is -3.80. The van der Waals surface area contributed by atoms with Crippen molar-refractivity contribution in [1.29, 1.82) is 5.26 Å². The van der Waals surface area contributed by atoms with E-state index in [-0.39, 0.29) is 36.5 Å². The third-order valence-electron chi connectivity index (χ3n) is 6.51. The van der Waals surface area contributed by atoms with Gasteiger partial charge in [-0.1, -0.05) is 25.1 Å². The molecule has 8 nitrogen and oxygen atoms in total. The first-order valence-corrected chi connectivity index (χ1v) is 12.1. The molecule has 3 heterocycles. The summed E-state index contributed by atoms with van der Waals surface area (Å²) in [6.07, 6.45) is 5.05. The van der Waals surface area contributed by atoms with Crippen LogP contribution in [0.2, 0.25) is 0 Å². The number of pyridine rings is 2. The lowest BCUT2D eigenvalue weighted by Crippen LogP contribution is -2.49. The van der Waals surface area contributed by atoms with Crippen molar-refractivity contribution in [2.75, 3.05) is 26.7 Å². The summed E-state index contributed by atoms with van der Waals surface area (Å²) < 4.78 is 6.39. The van der Waals surface area contributed by atoms with Gasteiger partial charge in [-0.15, -0.1) is 0 Å². The number of rotatable bonds is 7. The number of carbonyl (C=O) groups excluding carboxylic acids is 1. The smallest absolute Gasteiger partial charge is 0.259 e. The van der Waals surface area contributed by atoms with Gasteiger partial charge in [0.05, 0.1) is 24.3 Å². The summed E-state index contributed by atoms with van der Waals surface area (Å²) in [7, 11) is 2.03. The van der Waals surface area contributed by atoms with Crippen LogP contribution in [-0.4, -0.2) is 69.7 Å². The number of aromatic nitrogens is 2. The van der Waals surface area contributed by atoms with Gasteiger partial charge in [0, 0.05) is 49.7 Å². The van der Waals surface area contributed by atoms with E-state index in [9.17, 15) is 15.2 Å². The third kappa shape index (κ3) is 5.70. The molecule has 3 aromatic rings. The molecule has 0 aliphatic carbocycles. The van der Waals surface area contributed by atoms with Gasteiger partial charge in [0.2, 0.25) is 5.88 Å². The minimum Gasteiger partial charge on any atom is -0.472 e. The predicted molar refractivity (Wildman–Crippen MR) is 136 cm³/mol. The standard InChI is InChI=1S/C28H31N5O3/c1-19-15-33(20(2)18-34)28(35)25-11-24(23-8-4-6-21(10-23)12-29)14-31-27(25)36-26(19)17-32(3)16-22-7-5-9-30-13-22/h4-11,13-14,19-20,26,34H,15-18H2,1-3H3/t19-,20+,26+/m0/s1. The van der Waals surface area contributed by atoms with Crippen LogP contribution in [0.15, 0.2) is 61.1 Å². The number of aliphatic hydroxyl groups is 1. The first-order chi connectivity index (χ1) is 17.4. The maximum atomic E-state index is 13.6. The monoisotopic (exact) mass is 485 g/mol. The molecule has 3 atom stereocenters. The predicted octanol–water partition coefficient (Wildman–Crippen LogP) is 3.37. The molecule has 0 saturated carbocycles. The molecule has 1 N–H and O–H groups in total. The van der Waals surface area contributed by atoms with E-state index in [4.69, 9.17) is 4.74 Å². The number of amides is 1. The maximum absolute atomic E-state index is 13.6. The lowest BCUT2D eigenvalue weighted by Gasteiger charge is -2.37. The number of likely N-dealkylation sites (N-methyl/N-ethyl adjacent to an activating group) is 1. The van der Waals surface area contributed by atoms with Crippen molar-refractivity contribution in [3.8, 4) is 23.1 Å². The number of hydrogen-bond acceptors (Lipinski definition) is 7. The average molecular weight is 486 g/mol. The summed E-state index contributed by atoms with van der Waals surface area (Å²) in [5, 5.41) is 19.2. The summed E-state index contributed by atoms with van der Waals surface area (Å²) in [5.74, 6) is 0.0502. The molecular weight excluding hydrogens is 454 g/mol. The van der Waals surface area contributed by atoms with E-state index in [1.165, 1.54) is 0 Å². The molecule has 1 aliphatic heterocycles. The van der Waals surface area contributed by atoms with Gasteiger partial charge in [0.1, 0.15) is 11.7 Å². The number of hydrogen-bond donors (Lipinski definition) is 1. The first-order valence-electron chi connectivity index (χ1n) is 12.1. The second-order valence-electron chi connectivity index (χ2n) is 9.45. The molecule has 186 valence electrons. The van der Waals surface area contributed by atoms with Gasteiger partial charge in [-0.2, -0.15) is 5.26 Å². The zero-order chi connectivity index (χ0) is 25.7. The van der Waals surface area contributed by atoms with Gasteiger partial charge in [-0.3, -0.25) is 14.7 Å². The molecule has 0 saturated heterocycles. The highest BCUT2D eigenvalue weighted by molar-refractivity contribution is 5.98. The zero-order valence-electron chi connectivity index (χ0n) is 20.8. The highest BCUT2D eigenvalue weighted by Crippen LogP contribution is 2.30. The lowest BCUT2D eigenvalue weighted by atomic mass is 9.98. The van der Waals surface area contributed by atoms with Crippen LogP contribution < -0.4 is 4.74 Å². The molecule has 0 unspecified atom stereocenters. The molecule has 8 heteroatoms. The summed E-state index contributed by atoms with van der Waals surface area (Å²) >= 11 is 0. The largest absolute Gasteiger partial charge is 0.472 e. The van der Waals surface area contributed by atoms with Gasteiger partial charge in [-0.05, 0) is 49.4 Å². The first kappa shape index (κ1) is 25.3. The normalized spacial score (nSPS) is 18.6. The highest BCUT2D eigenvalue weighted by Gasteiger charge is 2.34. The Bertz CT molecular complexity index is 1240. The average Bonchev–Trinajstić information content (AvgIpc) is 2.90. The fraction of sp³-hybridized carbons (Fsp3) is 0.357. The molecule has 0 bridgehead atoms. The minimum absolute atomic E-state index is 0.00114. The number of carbonyl (C=O) groups is 1. The second kappa shape index (κ2) is 11.3. The van der Waals surface area contributed by atoms with E-state index in [2.05, 4.69) is 27.9 Å². The molecule has 0 fully saturated rings. The number of nitriles is 1. The fourth-order valence-corrected chi connectivity index (χ4v) is 4.42. The van der Waals surface area contributed by atoms with Crippen molar-refractivity contribution in [3.05, 3.63) is 77.7 Å². The quantitative estimate of drug-likeness (QED) is 0.547. The second-order valence-corrected chi connectivity index (χ2v) is 9.45. The van der Waals surface area contributed by atoms with Crippen molar-refractivity contribution in [2.24, 2.45) is 5.92 Å². The molecule has 4 rings (SSSR count). The van der Waals surface area contributed by atoms with Gasteiger partial charge in [0.15, 0.2) is 0 Å². The number of fused-ring (bicyclic) bond motifs is 1. The zero-order valence-corrected chi connectivity index (χ0v) is 20.8. The summed E-state index contributed by atoms with van der Waals surface area (Å²) in [4.78, 5) is 26.3. The van der Waals surface area contributed by atoms with Crippen molar-refractivity contribution in [2.45, 2.75) is 32.5 Å². The topological polar surface area (TPSA) is 103 Å². The SMILES string of the molecule is C[C@H](CO)N1C[C@H](C)[C@@H](CN(C)Cc2cccnc2)Oc2ncc(-c3cccc(C#N)c3)cc2C1=O. The van der Waals surface area contributed by atoms with Gasteiger partial charge < -0.3 is 14.7 Å². The Kier molecular flexibility index (Phi) is 7.93. The van der Waals surface area contributed by atoms with Crippen LogP contribution in [0.4, 0.5) is 0 Å². The molecule has 1 amide bonds. The molecule has 2 aromatic heterocycles. The molecule has 36 heavy (non-hydrogen) atoms. The Morgan fingerprint density at radius 3 is 2.81 bits per heavy atom. The molecule has 1 aliphatic rings. The Labute approximate surface area is 211 Å². The molecular formula is C28H31N5O3. The van der Waals surface area contributed by atoms with Crippen molar-refractivity contribution in [1.82, 2.24) is 19.8 Å². The van der Waals surface area contributed by atoms with Crippen LogP contribution in [0.25, 0.3) is 11.1 Å². The lowest BCUT2D eigenvalue weighted by molar-refractivity contribution is 0.0325. The van der Waals surface area contributed by atoms with E-state index < -0.39 is 0 Å². The number of aliphatic hydroxyl groups excluding tert-OH is 1. The summed E-state index contributed by atoms with van der Waals surface area (Å²) in [6.45, 7) is 5.53. The highest BCUT2D eigenvalue weighted by atomic mass is 16.5.